The first-order valence-corrected chi connectivity index (χ1v) is 11.1. The van der Waals surface area contributed by atoms with Gasteiger partial charge in [-0.2, -0.15) is 18.3 Å². The van der Waals surface area contributed by atoms with Gasteiger partial charge in [-0.15, -0.1) is 0 Å². The summed E-state index contributed by atoms with van der Waals surface area (Å²) in [6, 6.07) is 9.37. The number of pyridine rings is 1. The van der Waals surface area contributed by atoms with Crippen LogP contribution in [0.5, 0.6) is 5.88 Å². The van der Waals surface area contributed by atoms with Crippen molar-refractivity contribution < 1.29 is 22.7 Å². The lowest BCUT2D eigenvalue weighted by molar-refractivity contribution is -0.137. The van der Waals surface area contributed by atoms with E-state index in [1.54, 1.807) is 10.9 Å². The predicted octanol–water partition coefficient (Wildman–Crippen LogP) is 5.13. The Bertz CT molecular complexity index is 1150. The number of likely N-dealkylation sites (tertiary alicyclic amines) is 1. The number of rotatable bonds is 5. The first-order chi connectivity index (χ1) is 16.1. The zero-order valence-corrected chi connectivity index (χ0v) is 19.5. The van der Waals surface area contributed by atoms with Gasteiger partial charge in [-0.3, -0.25) is 9.48 Å². The molecule has 0 radical (unpaired) electrons. The summed E-state index contributed by atoms with van der Waals surface area (Å²) >= 11 is 0. The van der Waals surface area contributed by atoms with Crippen molar-refractivity contribution in [2.75, 3.05) is 6.54 Å². The molecular formula is C25H27F3N4O2. The molecule has 0 bridgehead atoms. The molecule has 3 atom stereocenters. The number of alkyl halides is 3. The molecule has 0 saturated carbocycles. The second-order valence-electron chi connectivity index (χ2n) is 8.92. The summed E-state index contributed by atoms with van der Waals surface area (Å²) in [6.45, 7) is 6.41. The van der Waals surface area contributed by atoms with Crippen molar-refractivity contribution in [2.24, 2.45) is 13.0 Å². The van der Waals surface area contributed by atoms with Gasteiger partial charge in [0.05, 0.1) is 23.5 Å². The molecule has 1 aliphatic rings. The molecule has 6 nitrogen and oxygen atoms in total. The Kier molecular flexibility index (Phi) is 6.38. The van der Waals surface area contributed by atoms with Gasteiger partial charge in [0.1, 0.15) is 6.10 Å². The molecule has 3 heterocycles. The minimum atomic E-state index is -4.46. The lowest BCUT2D eigenvalue weighted by Crippen LogP contribution is -2.44. The third kappa shape index (κ3) is 4.64. The fourth-order valence-corrected chi connectivity index (χ4v) is 4.62. The maximum atomic E-state index is 13.8. The molecule has 1 aromatic carbocycles. The molecule has 34 heavy (non-hydrogen) atoms. The Labute approximate surface area is 196 Å². The van der Waals surface area contributed by atoms with E-state index in [-0.39, 0.29) is 23.7 Å². The SMILES string of the molecule is Cc1cnn(C)c1-c1ccccc1C(=O)N1CC(C)CC1C(C)Oc1ccc(C(F)(F)F)cn1. The maximum absolute atomic E-state index is 13.8. The summed E-state index contributed by atoms with van der Waals surface area (Å²) in [5.41, 5.74) is 2.40. The smallest absolute Gasteiger partial charge is 0.417 e. The average Bonchev–Trinajstić information content (AvgIpc) is 3.34. The second-order valence-corrected chi connectivity index (χ2v) is 8.92. The Hall–Kier alpha value is -3.36. The van der Waals surface area contributed by atoms with Gasteiger partial charge in [-0.1, -0.05) is 25.1 Å². The summed E-state index contributed by atoms with van der Waals surface area (Å²) in [7, 11) is 1.84. The van der Waals surface area contributed by atoms with Gasteiger partial charge >= 0.3 is 6.18 Å². The number of ether oxygens (including phenoxy) is 1. The summed E-state index contributed by atoms with van der Waals surface area (Å²) in [5.74, 6) is 0.242. The molecule has 1 saturated heterocycles. The van der Waals surface area contributed by atoms with Gasteiger partial charge in [-0.25, -0.2) is 4.98 Å². The van der Waals surface area contributed by atoms with E-state index in [0.29, 0.717) is 12.1 Å². The Morgan fingerprint density at radius 2 is 1.91 bits per heavy atom. The van der Waals surface area contributed by atoms with Crippen LogP contribution in [0.15, 0.2) is 48.8 Å². The monoisotopic (exact) mass is 472 g/mol. The van der Waals surface area contributed by atoms with E-state index in [4.69, 9.17) is 4.74 Å². The zero-order chi connectivity index (χ0) is 24.6. The molecule has 9 heteroatoms. The van der Waals surface area contributed by atoms with Crippen LogP contribution >= 0.6 is 0 Å². The molecule has 0 aliphatic carbocycles. The maximum Gasteiger partial charge on any atom is 0.417 e. The Balaban J connectivity index is 1.58. The van der Waals surface area contributed by atoms with Crippen molar-refractivity contribution in [2.45, 2.75) is 45.5 Å². The van der Waals surface area contributed by atoms with Crippen molar-refractivity contribution in [1.29, 1.82) is 0 Å². The predicted molar refractivity (Wildman–Crippen MR) is 121 cm³/mol. The fourth-order valence-electron chi connectivity index (χ4n) is 4.62. The van der Waals surface area contributed by atoms with Crippen molar-refractivity contribution in [3.8, 4) is 17.1 Å². The van der Waals surface area contributed by atoms with Crippen LogP contribution in [0.2, 0.25) is 0 Å². The van der Waals surface area contributed by atoms with E-state index in [2.05, 4.69) is 17.0 Å². The molecule has 1 fully saturated rings. The van der Waals surface area contributed by atoms with Gasteiger partial charge in [0.15, 0.2) is 0 Å². The fraction of sp³-hybridized carbons (Fsp3) is 0.400. The standard InChI is InChI=1S/C25H27F3N4O2/c1-15-11-21(17(3)34-22-10-9-18(13-29-22)25(26,27)28)32(14-15)24(33)20-8-6-5-7-19(20)23-16(2)12-30-31(23)4/h5-10,12-13,15,17,21H,11,14H2,1-4H3. The van der Waals surface area contributed by atoms with Crippen LogP contribution in [-0.2, 0) is 13.2 Å². The van der Waals surface area contributed by atoms with Crippen molar-refractivity contribution in [3.63, 3.8) is 0 Å². The number of carbonyl (C=O) groups is 1. The molecule has 0 spiro atoms. The van der Waals surface area contributed by atoms with Crippen LogP contribution in [-0.4, -0.2) is 44.3 Å². The largest absolute Gasteiger partial charge is 0.472 e. The number of aromatic nitrogens is 3. The third-order valence-electron chi connectivity index (χ3n) is 6.26. The van der Waals surface area contributed by atoms with Gasteiger partial charge in [0, 0.05) is 37.0 Å². The Morgan fingerprint density at radius 3 is 2.53 bits per heavy atom. The molecule has 0 N–H and O–H groups in total. The minimum absolute atomic E-state index is 0.0957. The average molecular weight is 473 g/mol. The minimum Gasteiger partial charge on any atom is -0.472 e. The van der Waals surface area contributed by atoms with E-state index < -0.39 is 17.8 Å². The molecule has 180 valence electrons. The van der Waals surface area contributed by atoms with Crippen LogP contribution in [0.25, 0.3) is 11.3 Å². The van der Waals surface area contributed by atoms with Crippen LogP contribution in [0.1, 0.15) is 41.8 Å². The molecule has 3 unspecified atom stereocenters. The van der Waals surface area contributed by atoms with Crippen molar-refractivity contribution in [3.05, 3.63) is 65.5 Å². The number of aryl methyl sites for hydroxylation is 2. The highest BCUT2D eigenvalue weighted by Crippen LogP contribution is 2.33. The molecule has 1 aliphatic heterocycles. The zero-order valence-electron chi connectivity index (χ0n) is 19.5. The normalized spacial score (nSPS) is 19.3. The van der Waals surface area contributed by atoms with E-state index in [0.717, 1.165) is 35.5 Å². The van der Waals surface area contributed by atoms with Crippen molar-refractivity contribution >= 4 is 5.91 Å². The third-order valence-corrected chi connectivity index (χ3v) is 6.26. The van der Waals surface area contributed by atoms with Gasteiger partial charge in [0.2, 0.25) is 5.88 Å². The summed E-state index contributed by atoms with van der Waals surface area (Å²) in [5, 5.41) is 4.31. The van der Waals surface area contributed by atoms with E-state index >= 15 is 0 Å². The highest BCUT2D eigenvalue weighted by molar-refractivity contribution is 6.01. The summed E-state index contributed by atoms with van der Waals surface area (Å²) in [4.78, 5) is 19.4. The number of halogens is 3. The lowest BCUT2D eigenvalue weighted by atomic mass is 10.00. The molecule has 4 rings (SSSR count). The van der Waals surface area contributed by atoms with Gasteiger partial charge in [0.25, 0.3) is 5.91 Å². The summed E-state index contributed by atoms with van der Waals surface area (Å²) < 4.78 is 46.1. The number of hydrogen-bond donors (Lipinski definition) is 0. The van der Waals surface area contributed by atoms with Gasteiger partial charge < -0.3 is 9.64 Å². The van der Waals surface area contributed by atoms with E-state index in [1.165, 1.54) is 6.07 Å². The highest BCUT2D eigenvalue weighted by atomic mass is 19.4. The number of carbonyl (C=O) groups excluding carboxylic acids is 1. The van der Waals surface area contributed by atoms with Crippen LogP contribution in [0.4, 0.5) is 13.2 Å². The molecule has 3 aromatic rings. The van der Waals surface area contributed by atoms with E-state index in [9.17, 15) is 18.0 Å². The Morgan fingerprint density at radius 1 is 1.18 bits per heavy atom. The highest BCUT2D eigenvalue weighted by Gasteiger charge is 2.39. The first-order valence-electron chi connectivity index (χ1n) is 11.1. The number of amides is 1. The van der Waals surface area contributed by atoms with Crippen LogP contribution < -0.4 is 4.74 Å². The van der Waals surface area contributed by atoms with Gasteiger partial charge in [-0.05, 0) is 43.9 Å². The van der Waals surface area contributed by atoms with Crippen molar-refractivity contribution in [1.82, 2.24) is 19.7 Å². The second kappa shape index (κ2) is 9.12. The first kappa shape index (κ1) is 23.8. The lowest BCUT2D eigenvalue weighted by Gasteiger charge is -2.30. The van der Waals surface area contributed by atoms with E-state index in [1.807, 2.05) is 50.1 Å². The van der Waals surface area contributed by atoms with Crippen LogP contribution in [0, 0.1) is 12.8 Å². The number of benzene rings is 1. The van der Waals surface area contributed by atoms with Crippen LogP contribution in [0.3, 0.4) is 0 Å². The quantitative estimate of drug-likeness (QED) is 0.517. The number of hydrogen-bond acceptors (Lipinski definition) is 4. The molecule has 1 amide bonds. The molecular weight excluding hydrogens is 445 g/mol. The topological polar surface area (TPSA) is 60.2 Å². The summed E-state index contributed by atoms with van der Waals surface area (Å²) in [6.07, 6.45) is -1.66. The molecule has 2 aromatic heterocycles. The number of nitrogens with zero attached hydrogens (tertiary/aromatic N) is 4.